The number of methoxy groups -OCH3 is 1. The molecule has 4 heteroatoms. The van der Waals surface area contributed by atoms with Crippen LogP contribution in [0.4, 0.5) is 0 Å². The number of carbonyl (C=O) groups is 2. The maximum atomic E-state index is 12.0. The van der Waals surface area contributed by atoms with Gasteiger partial charge in [0.25, 0.3) is 0 Å². The highest BCUT2D eigenvalue weighted by atomic mass is 32.1. The number of rotatable bonds is 5. The lowest BCUT2D eigenvalue weighted by Gasteiger charge is -2.12. The summed E-state index contributed by atoms with van der Waals surface area (Å²) in [6.45, 7) is 6.00. The molecule has 1 atom stereocenters. The lowest BCUT2D eigenvalue weighted by molar-refractivity contribution is -0.139. The number of thiophene rings is 1. The summed E-state index contributed by atoms with van der Waals surface area (Å²) < 4.78 is 4.59. The topological polar surface area (TPSA) is 43.4 Å². The van der Waals surface area contributed by atoms with Crippen molar-refractivity contribution < 1.29 is 14.3 Å². The van der Waals surface area contributed by atoms with E-state index in [2.05, 4.69) is 4.74 Å². The molecule has 0 fully saturated rings. The van der Waals surface area contributed by atoms with Gasteiger partial charge in [-0.15, -0.1) is 11.3 Å². The van der Waals surface area contributed by atoms with E-state index >= 15 is 0 Å². The minimum Gasteiger partial charge on any atom is -0.469 e. The Hall–Kier alpha value is -1.16. The third kappa shape index (κ3) is 3.66. The van der Waals surface area contributed by atoms with E-state index in [1.807, 2.05) is 26.8 Å². The monoisotopic (exact) mass is 254 g/mol. The average Bonchev–Trinajstić information content (AvgIpc) is 2.75. The minimum absolute atomic E-state index is 0.0135. The van der Waals surface area contributed by atoms with E-state index in [0.29, 0.717) is 5.92 Å². The number of esters is 1. The Bertz CT molecular complexity index is 407. The van der Waals surface area contributed by atoms with Crippen LogP contribution in [-0.2, 0) is 16.0 Å². The van der Waals surface area contributed by atoms with Gasteiger partial charge in [0.15, 0.2) is 5.78 Å². The zero-order valence-corrected chi connectivity index (χ0v) is 11.5. The number of ketones is 1. The minimum atomic E-state index is -0.275. The van der Waals surface area contributed by atoms with Crippen molar-refractivity contribution >= 4 is 23.1 Å². The van der Waals surface area contributed by atoms with Gasteiger partial charge in [0, 0.05) is 10.8 Å². The average molecular weight is 254 g/mol. The molecule has 94 valence electrons. The van der Waals surface area contributed by atoms with Crippen LogP contribution in [0.5, 0.6) is 0 Å². The molecule has 0 amide bonds. The highest BCUT2D eigenvalue weighted by Gasteiger charge is 2.20. The first-order chi connectivity index (χ1) is 7.95. The van der Waals surface area contributed by atoms with Gasteiger partial charge in [-0.05, 0) is 18.1 Å². The van der Waals surface area contributed by atoms with Gasteiger partial charge < -0.3 is 4.74 Å². The summed E-state index contributed by atoms with van der Waals surface area (Å²) in [5.74, 6) is 0.220. The first-order valence-corrected chi connectivity index (χ1v) is 6.47. The van der Waals surface area contributed by atoms with Crippen molar-refractivity contribution in [3.05, 3.63) is 21.9 Å². The van der Waals surface area contributed by atoms with Crippen molar-refractivity contribution in [3.8, 4) is 0 Å². The van der Waals surface area contributed by atoms with E-state index < -0.39 is 0 Å². The molecule has 0 spiro atoms. The van der Waals surface area contributed by atoms with Crippen LogP contribution in [0.1, 0.15) is 35.3 Å². The molecule has 1 heterocycles. The second-order valence-electron chi connectivity index (χ2n) is 4.42. The Labute approximate surface area is 106 Å². The van der Waals surface area contributed by atoms with Crippen LogP contribution in [0.15, 0.2) is 12.1 Å². The van der Waals surface area contributed by atoms with E-state index in [0.717, 1.165) is 9.75 Å². The van der Waals surface area contributed by atoms with Crippen LogP contribution in [0, 0.1) is 11.8 Å². The van der Waals surface area contributed by atoms with E-state index in [4.69, 9.17) is 0 Å². The molecule has 0 bridgehead atoms. The Morgan fingerprint density at radius 2 is 1.94 bits per heavy atom. The molecule has 0 radical (unpaired) electrons. The molecule has 1 rings (SSSR count). The van der Waals surface area contributed by atoms with Gasteiger partial charge in [0.05, 0.1) is 18.4 Å². The molecular weight excluding hydrogens is 236 g/mol. The fourth-order valence-corrected chi connectivity index (χ4v) is 2.38. The molecule has 0 N–H and O–H groups in total. The van der Waals surface area contributed by atoms with Gasteiger partial charge in [-0.25, -0.2) is 0 Å². The van der Waals surface area contributed by atoms with Crippen LogP contribution in [0.3, 0.4) is 0 Å². The number of Topliss-reactive ketones (excluding diaryl/α,β-unsaturated/α-hetero) is 1. The summed E-state index contributed by atoms with van der Waals surface area (Å²) >= 11 is 1.38. The standard InChI is InChI=1S/C13H18O3S/c1-8(2)9(3)13(15)11-6-5-10(17-11)7-12(14)16-4/h5-6,8-9H,7H2,1-4H3. The van der Waals surface area contributed by atoms with Crippen LogP contribution >= 0.6 is 11.3 Å². The second kappa shape index (κ2) is 5.96. The molecule has 17 heavy (non-hydrogen) atoms. The summed E-state index contributed by atoms with van der Waals surface area (Å²) in [6.07, 6.45) is 0.241. The third-order valence-electron chi connectivity index (χ3n) is 2.86. The molecule has 0 aliphatic carbocycles. The van der Waals surface area contributed by atoms with Gasteiger partial charge in [-0.2, -0.15) is 0 Å². The number of hydrogen-bond acceptors (Lipinski definition) is 4. The summed E-state index contributed by atoms with van der Waals surface area (Å²) in [4.78, 5) is 24.7. The highest BCUT2D eigenvalue weighted by Crippen LogP contribution is 2.23. The second-order valence-corrected chi connectivity index (χ2v) is 5.58. The first kappa shape index (κ1) is 13.9. The Kier molecular flexibility index (Phi) is 4.87. The van der Waals surface area contributed by atoms with Crippen molar-refractivity contribution in [1.29, 1.82) is 0 Å². The summed E-state index contributed by atoms with van der Waals surface area (Å²) in [7, 11) is 1.36. The lowest BCUT2D eigenvalue weighted by Crippen LogP contribution is -2.15. The van der Waals surface area contributed by atoms with Crippen molar-refractivity contribution in [3.63, 3.8) is 0 Å². The van der Waals surface area contributed by atoms with Gasteiger partial charge in [0.2, 0.25) is 0 Å². The molecule has 0 saturated heterocycles. The predicted octanol–water partition coefficient (Wildman–Crippen LogP) is 2.94. The van der Waals surface area contributed by atoms with Crippen molar-refractivity contribution in [2.24, 2.45) is 11.8 Å². The quantitative estimate of drug-likeness (QED) is 0.599. The molecule has 3 nitrogen and oxygen atoms in total. The Morgan fingerprint density at radius 1 is 1.29 bits per heavy atom. The van der Waals surface area contributed by atoms with E-state index in [1.54, 1.807) is 6.07 Å². The predicted molar refractivity (Wildman–Crippen MR) is 68.4 cm³/mol. The van der Waals surface area contributed by atoms with Crippen LogP contribution in [0.25, 0.3) is 0 Å². The first-order valence-electron chi connectivity index (χ1n) is 5.65. The number of carbonyl (C=O) groups excluding carboxylic acids is 2. The fourth-order valence-electron chi connectivity index (χ4n) is 1.35. The normalized spacial score (nSPS) is 12.5. The molecule has 0 aromatic carbocycles. The largest absolute Gasteiger partial charge is 0.469 e. The van der Waals surface area contributed by atoms with Gasteiger partial charge in [0.1, 0.15) is 0 Å². The summed E-state index contributed by atoms with van der Waals surface area (Å²) in [5, 5.41) is 0. The van der Waals surface area contributed by atoms with Gasteiger partial charge >= 0.3 is 5.97 Å². The molecule has 0 aliphatic rings. The van der Waals surface area contributed by atoms with Crippen molar-refractivity contribution in [2.75, 3.05) is 7.11 Å². The molecule has 0 aliphatic heterocycles. The number of hydrogen-bond donors (Lipinski definition) is 0. The van der Waals surface area contributed by atoms with Crippen LogP contribution in [-0.4, -0.2) is 18.9 Å². The molecule has 1 aromatic rings. The molecular formula is C13H18O3S. The van der Waals surface area contributed by atoms with Crippen LogP contribution < -0.4 is 0 Å². The lowest BCUT2D eigenvalue weighted by atomic mass is 9.93. The van der Waals surface area contributed by atoms with Crippen LogP contribution in [0.2, 0.25) is 0 Å². The van der Waals surface area contributed by atoms with E-state index in [1.165, 1.54) is 18.4 Å². The van der Waals surface area contributed by atoms with Gasteiger partial charge in [-0.1, -0.05) is 20.8 Å². The summed E-state index contributed by atoms with van der Waals surface area (Å²) in [6, 6.07) is 3.62. The SMILES string of the molecule is COC(=O)Cc1ccc(C(=O)C(C)C(C)C)s1. The van der Waals surface area contributed by atoms with E-state index in [9.17, 15) is 9.59 Å². The van der Waals surface area contributed by atoms with Gasteiger partial charge in [-0.3, -0.25) is 9.59 Å². The Balaban J connectivity index is 2.74. The highest BCUT2D eigenvalue weighted by molar-refractivity contribution is 7.14. The zero-order chi connectivity index (χ0) is 13.0. The zero-order valence-electron chi connectivity index (χ0n) is 10.6. The molecule has 1 aromatic heterocycles. The van der Waals surface area contributed by atoms with E-state index in [-0.39, 0.29) is 24.1 Å². The Morgan fingerprint density at radius 3 is 2.47 bits per heavy atom. The smallest absolute Gasteiger partial charge is 0.310 e. The van der Waals surface area contributed by atoms with Crippen molar-refractivity contribution in [1.82, 2.24) is 0 Å². The fraction of sp³-hybridized carbons (Fsp3) is 0.538. The molecule has 1 unspecified atom stereocenters. The molecule has 0 saturated carbocycles. The third-order valence-corrected chi connectivity index (χ3v) is 3.96. The summed E-state index contributed by atoms with van der Waals surface area (Å²) in [5.41, 5.74) is 0. The maximum absolute atomic E-state index is 12.0. The maximum Gasteiger partial charge on any atom is 0.310 e. The van der Waals surface area contributed by atoms with Crippen molar-refractivity contribution in [2.45, 2.75) is 27.2 Å². The number of ether oxygens (including phenoxy) is 1.